The van der Waals surface area contributed by atoms with Crippen molar-refractivity contribution < 1.29 is 23.1 Å². The van der Waals surface area contributed by atoms with Crippen LogP contribution in [-0.2, 0) is 9.53 Å². The molecule has 0 saturated heterocycles. The molecule has 1 atom stereocenters. The molecule has 6 heteroatoms. The number of carbonyl (C=O) groups is 2. The van der Waals surface area contributed by atoms with Crippen LogP contribution < -0.4 is 5.32 Å². The molecule has 0 aromatic heterocycles. The predicted octanol–water partition coefficient (Wildman–Crippen LogP) is 5.12. The van der Waals surface area contributed by atoms with Gasteiger partial charge in [0.2, 0.25) is 6.10 Å². The van der Waals surface area contributed by atoms with Crippen molar-refractivity contribution in [3.63, 3.8) is 0 Å². The van der Waals surface area contributed by atoms with Gasteiger partial charge in [-0.25, -0.2) is 13.6 Å². The zero-order chi connectivity index (χ0) is 21.0. The number of rotatable bonds is 5. The van der Waals surface area contributed by atoms with Gasteiger partial charge in [-0.2, -0.15) is 0 Å². The summed E-state index contributed by atoms with van der Waals surface area (Å²) in [5.41, 5.74) is 1.96. The molecule has 1 N–H and O–H groups in total. The van der Waals surface area contributed by atoms with Crippen molar-refractivity contribution >= 4 is 17.6 Å². The minimum atomic E-state index is -1.39. The van der Waals surface area contributed by atoms with E-state index in [1.807, 2.05) is 19.9 Å². The fourth-order valence-corrected chi connectivity index (χ4v) is 3.01. The highest BCUT2D eigenvalue weighted by atomic mass is 19.1. The first-order chi connectivity index (χ1) is 13.8. The molecule has 0 aliphatic heterocycles. The Hall–Kier alpha value is -3.54. The lowest BCUT2D eigenvalue weighted by atomic mass is 10.1. The molecular weight excluding hydrogens is 376 g/mol. The van der Waals surface area contributed by atoms with E-state index in [1.165, 1.54) is 0 Å². The number of hydrogen-bond acceptors (Lipinski definition) is 3. The van der Waals surface area contributed by atoms with Gasteiger partial charge in [-0.3, -0.25) is 4.79 Å². The van der Waals surface area contributed by atoms with E-state index >= 15 is 0 Å². The summed E-state index contributed by atoms with van der Waals surface area (Å²) in [7, 11) is 0. The maximum Gasteiger partial charge on any atom is 0.345 e. The Bertz CT molecular complexity index is 1010. The summed E-state index contributed by atoms with van der Waals surface area (Å²) in [6.07, 6.45) is -1.39. The van der Waals surface area contributed by atoms with Crippen LogP contribution in [0.25, 0.3) is 0 Å². The number of benzene rings is 3. The molecule has 148 valence electrons. The molecule has 0 heterocycles. The second-order valence-corrected chi connectivity index (χ2v) is 6.66. The molecule has 3 aromatic rings. The Balaban J connectivity index is 1.91. The van der Waals surface area contributed by atoms with Crippen molar-refractivity contribution in [3.8, 4) is 0 Å². The van der Waals surface area contributed by atoms with Crippen LogP contribution in [0, 0.1) is 25.5 Å². The smallest absolute Gasteiger partial charge is 0.345 e. The molecule has 0 fully saturated rings. The number of nitrogens with one attached hydrogen (secondary N) is 1. The Morgan fingerprint density at radius 2 is 1.45 bits per heavy atom. The summed E-state index contributed by atoms with van der Waals surface area (Å²) >= 11 is 0. The van der Waals surface area contributed by atoms with Crippen molar-refractivity contribution in [2.24, 2.45) is 0 Å². The molecule has 3 rings (SSSR count). The van der Waals surface area contributed by atoms with Gasteiger partial charge in [0.1, 0.15) is 17.2 Å². The second kappa shape index (κ2) is 8.65. The fraction of sp³-hybridized carbons (Fsp3) is 0.130. The molecular formula is C23H19F2NO3. The molecule has 0 aliphatic carbocycles. The van der Waals surface area contributed by atoms with E-state index in [4.69, 9.17) is 4.74 Å². The monoisotopic (exact) mass is 395 g/mol. The number of ether oxygens (including phenoxy) is 1. The third kappa shape index (κ3) is 4.85. The van der Waals surface area contributed by atoms with Crippen LogP contribution in [0.4, 0.5) is 14.5 Å². The molecule has 0 unspecified atom stereocenters. The van der Waals surface area contributed by atoms with Crippen LogP contribution in [-0.4, -0.2) is 11.9 Å². The van der Waals surface area contributed by atoms with Crippen molar-refractivity contribution in [1.82, 2.24) is 0 Å². The minimum Gasteiger partial charge on any atom is -0.444 e. The van der Waals surface area contributed by atoms with Gasteiger partial charge in [0.15, 0.2) is 0 Å². The third-order valence-electron chi connectivity index (χ3n) is 4.22. The number of esters is 1. The quantitative estimate of drug-likeness (QED) is 0.610. The molecule has 1 amide bonds. The highest BCUT2D eigenvalue weighted by molar-refractivity contribution is 5.98. The topological polar surface area (TPSA) is 55.4 Å². The molecule has 3 aromatic carbocycles. The molecule has 0 aliphatic rings. The minimum absolute atomic E-state index is 0.375. The number of anilines is 1. The number of carbonyl (C=O) groups excluding carboxylic acids is 2. The van der Waals surface area contributed by atoms with Gasteiger partial charge in [-0.1, -0.05) is 42.5 Å². The average molecular weight is 395 g/mol. The average Bonchev–Trinajstić information content (AvgIpc) is 2.65. The SMILES string of the molecule is Cc1cc(C)cc(NC(=O)[C@H](OC(=O)c2c(F)cccc2F)c2ccccc2)c1. The van der Waals surface area contributed by atoms with Crippen LogP contribution >= 0.6 is 0 Å². The second-order valence-electron chi connectivity index (χ2n) is 6.66. The number of aryl methyl sites for hydroxylation is 2. The molecule has 0 bridgehead atoms. The number of amides is 1. The predicted molar refractivity (Wildman–Crippen MR) is 106 cm³/mol. The Morgan fingerprint density at radius 1 is 0.862 bits per heavy atom. The largest absolute Gasteiger partial charge is 0.444 e. The lowest BCUT2D eigenvalue weighted by Gasteiger charge is -2.19. The maximum absolute atomic E-state index is 13.9. The first-order valence-electron chi connectivity index (χ1n) is 8.94. The van der Waals surface area contributed by atoms with Crippen LogP contribution in [0.15, 0.2) is 66.7 Å². The Kier molecular flexibility index (Phi) is 6.02. The highest BCUT2D eigenvalue weighted by Crippen LogP contribution is 2.24. The zero-order valence-corrected chi connectivity index (χ0v) is 15.9. The van der Waals surface area contributed by atoms with Crippen LogP contribution in [0.1, 0.15) is 33.2 Å². The van der Waals surface area contributed by atoms with E-state index in [9.17, 15) is 18.4 Å². The van der Waals surface area contributed by atoms with Crippen molar-refractivity contribution in [2.75, 3.05) is 5.32 Å². The van der Waals surface area contributed by atoms with Gasteiger partial charge < -0.3 is 10.1 Å². The van der Waals surface area contributed by atoms with Gasteiger partial charge in [0.25, 0.3) is 5.91 Å². The first-order valence-corrected chi connectivity index (χ1v) is 8.94. The van der Waals surface area contributed by atoms with Crippen LogP contribution in [0.2, 0.25) is 0 Å². The zero-order valence-electron chi connectivity index (χ0n) is 15.9. The van der Waals surface area contributed by atoms with E-state index in [1.54, 1.807) is 42.5 Å². The first kappa shape index (κ1) is 20.2. The Morgan fingerprint density at radius 3 is 2.03 bits per heavy atom. The van der Waals surface area contributed by atoms with Crippen molar-refractivity contribution in [1.29, 1.82) is 0 Å². The maximum atomic E-state index is 13.9. The lowest BCUT2D eigenvalue weighted by molar-refractivity contribution is -0.125. The Labute approximate surface area is 167 Å². The van der Waals surface area contributed by atoms with E-state index in [-0.39, 0.29) is 0 Å². The summed E-state index contributed by atoms with van der Waals surface area (Å²) in [5, 5.41) is 2.70. The van der Waals surface area contributed by atoms with E-state index in [0.29, 0.717) is 11.3 Å². The van der Waals surface area contributed by atoms with Crippen molar-refractivity contribution in [3.05, 3.63) is 101 Å². The fourth-order valence-electron chi connectivity index (χ4n) is 3.01. The summed E-state index contributed by atoms with van der Waals surface area (Å²) in [6, 6.07) is 16.8. The molecule has 0 radical (unpaired) electrons. The molecule has 4 nitrogen and oxygen atoms in total. The van der Waals surface area contributed by atoms with Crippen molar-refractivity contribution in [2.45, 2.75) is 20.0 Å². The molecule has 0 saturated carbocycles. The van der Waals surface area contributed by atoms with Gasteiger partial charge >= 0.3 is 5.97 Å². The number of halogens is 2. The van der Waals surface area contributed by atoms with E-state index in [2.05, 4.69) is 5.32 Å². The summed E-state index contributed by atoms with van der Waals surface area (Å²) in [4.78, 5) is 25.3. The van der Waals surface area contributed by atoms with Gasteiger partial charge in [-0.15, -0.1) is 0 Å². The standard InChI is InChI=1S/C23H19F2NO3/c1-14-11-15(2)13-17(12-14)26-22(27)21(16-7-4-3-5-8-16)29-23(28)20-18(24)9-6-10-19(20)25/h3-13,21H,1-2H3,(H,26,27)/t21-/m1/s1. The van der Waals surface area contributed by atoms with Gasteiger partial charge in [-0.05, 0) is 49.2 Å². The summed E-state index contributed by atoms with van der Waals surface area (Å²) < 4.78 is 33.1. The van der Waals surface area contributed by atoms with Crippen LogP contribution in [0.5, 0.6) is 0 Å². The van der Waals surface area contributed by atoms with E-state index in [0.717, 1.165) is 29.3 Å². The summed E-state index contributed by atoms with van der Waals surface area (Å²) in [5.74, 6) is -4.01. The highest BCUT2D eigenvalue weighted by Gasteiger charge is 2.28. The molecule has 29 heavy (non-hydrogen) atoms. The number of hydrogen-bond donors (Lipinski definition) is 1. The lowest BCUT2D eigenvalue weighted by Crippen LogP contribution is -2.26. The van der Waals surface area contributed by atoms with E-state index < -0.39 is 35.2 Å². The molecule has 0 spiro atoms. The third-order valence-corrected chi connectivity index (χ3v) is 4.22. The van der Waals surface area contributed by atoms with Crippen LogP contribution in [0.3, 0.4) is 0 Å². The summed E-state index contributed by atoms with van der Waals surface area (Å²) in [6.45, 7) is 3.77. The van der Waals surface area contributed by atoms with Gasteiger partial charge in [0, 0.05) is 11.3 Å². The normalized spacial score (nSPS) is 11.6. The van der Waals surface area contributed by atoms with Gasteiger partial charge in [0.05, 0.1) is 0 Å².